The second-order valence-electron chi connectivity index (χ2n) is 5.50. The zero-order chi connectivity index (χ0) is 15.4. The Hall–Kier alpha value is -0.775. The summed E-state index contributed by atoms with van der Waals surface area (Å²) >= 11 is 1.57. The van der Waals surface area contributed by atoms with Crippen molar-refractivity contribution in [3.63, 3.8) is 0 Å². The number of likely N-dealkylation sites (tertiary alicyclic amines) is 1. The van der Waals surface area contributed by atoms with E-state index in [-0.39, 0.29) is 41.1 Å². The minimum Gasteiger partial charge on any atom is -0.311 e. The zero-order valence-electron chi connectivity index (χ0n) is 13.0. The highest BCUT2D eigenvalue weighted by Gasteiger charge is 2.43. The lowest BCUT2D eigenvalue weighted by molar-refractivity contribution is -0.142. The topological polar surface area (TPSA) is 54.5 Å². The van der Waals surface area contributed by atoms with Gasteiger partial charge in [0, 0.05) is 23.6 Å². The molecule has 0 radical (unpaired) electrons. The Morgan fingerprint density at radius 3 is 2.50 bits per heavy atom. The summed E-state index contributed by atoms with van der Waals surface area (Å²) in [4.78, 5) is 37.6. The van der Waals surface area contributed by atoms with Crippen molar-refractivity contribution in [2.45, 2.75) is 63.9 Å². The lowest BCUT2D eigenvalue weighted by atomic mass is 9.69. The Morgan fingerprint density at radius 1 is 1.40 bits per heavy atom. The number of nitrogens with zero attached hydrogens (tertiary/aromatic N) is 1. The first-order valence-electron chi connectivity index (χ1n) is 7.37. The van der Waals surface area contributed by atoms with Gasteiger partial charge >= 0.3 is 0 Å². The number of carbonyl (C=O) groups is 3. The predicted octanol–water partition coefficient (Wildman–Crippen LogP) is 1.68. The largest absolute Gasteiger partial charge is 0.311 e. The number of thioether (sulfide) groups is 1. The molecule has 1 rings (SSSR count). The van der Waals surface area contributed by atoms with Crippen molar-refractivity contribution >= 4 is 36.5 Å². The van der Waals surface area contributed by atoms with Gasteiger partial charge in [-0.3, -0.25) is 14.5 Å². The molecule has 2 amide bonds. The molecule has 4 atom stereocenters. The molecular formula is C14H24BNO3S. The SMILES string of the molecule is CBC(=O)C(C)C(C)N1C(=O)CC(SC(C)CC)C1=O. The maximum atomic E-state index is 12.4. The van der Waals surface area contributed by atoms with Gasteiger partial charge < -0.3 is 4.79 Å². The van der Waals surface area contributed by atoms with Crippen LogP contribution in [0.2, 0.25) is 6.82 Å². The van der Waals surface area contributed by atoms with Crippen LogP contribution in [0.5, 0.6) is 0 Å². The van der Waals surface area contributed by atoms with Crippen LogP contribution in [0, 0.1) is 5.92 Å². The molecular weight excluding hydrogens is 273 g/mol. The highest BCUT2D eigenvalue weighted by Crippen LogP contribution is 2.31. The van der Waals surface area contributed by atoms with E-state index >= 15 is 0 Å². The first-order valence-corrected chi connectivity index (χ1v) is 8.31. The smallest absolute Gasteiger partial charge is 0.243 e. The summed E-state index contributed by atoms with van der Waals surface area (Å²) in [5.41, 5.74) is 0.0936. The van der Waals surface area contributed by atoms with Crippen LogP contribution in [0.15, 0.2) is 0 Å². The lowest BCUT2D eigenvalue weighted by Crippen LogP contribution is -2.45. The number of imide groups is 1. The molecule has 1 aliphatic heterocycles. The van der Waals surface area contributed by atoms with Crippen LogP contribution in [0.25, 0.3) is 0 Å². The van der Waals surface area contributed by atoms with E-state index in [1.807, 2.05) is 0 Å². The van der Waals surface area contributed by atoms with Gasteiger partial charge in [-0.05, 0) is 13.3 Å². The fourth-order valence-electron chi connectivity index (χ4n) is 2.35. The van der Waals surface area contributed by atoms with Gasteiger partial charge in [-0.25, -0.2) is 0 Å². The lowest BCUT2D eigenvalue weighted by Gasteiger charge is -2.27. The third-order valence-electron chi connectivity index (χ3n) is 4.10. The van der Waals surface area contributed by atoms with Crippen LogP contribution >= 0.6 is 11.8 Å². The number of hydrogen-bond donors (Lipinski definition) is 0. The minimum atomic E-state index is -0.343. The quantitative estimate of drug-likeness (QED) is 0.530. The van der Waals surface area contributed by atoms with E-state index in [1.165, 1.54) is 4.90 Å². The van der Waals surface area contributed by atoms with Crippen molar-refractivity contribution in [2.75, 3.05) is 0 Å². The molecule has 0 saturated carbocycles. The van der Waals surface area contributed by atoms with Crippen molar-refractivity contribution < 1.29 is 14.4 Å². The molecule has 0 aliphatic carbocycles. The molecule has 1 aliphatic rings. The standard InChI is InChI=1S/C14H24BNO3S/c1-6-8(2)20-11-7-12(17)16(14(11)19)10(4)9(3)13(18)15-5/h8-11,15H,6-7H2,1-5H3. The maximum Gasteiger partial charge on any atom is 0.243 e. The van der Waals surface area contributed by atoms with Crippen LogP contribution < -0.4 is 0 Å². The van der Waals surface area contributed by atoms with Crippen LogP contribution in [0.3, 0.4) is 0 Å². The van der Waals surface area contributed by atoms with Gasteiger partial charge in [0.25, 0.3) is 0 Å². The summed E-state index contributed by atoms with van der Waals surface area (Å²) in [5.74, 6) is -0.553. The van der Waals surface area contributed by atoms with E-state index in [1.54, 1.807) is 32.4 Å². The molecule has 4 unspecified atom stereocenters. The molecule has 0 aromatic heterocycles. The van der Waals surface area contributed by atoms with Gasteiger partial charge in [0.1, 0.15) is 0 Å². The van der Waals surface area contributed by atoms with Gasteiger partial charge in [-0.2, -0.15) is 0 Å². The highest BCUT2D eigenvalue weighted by molar-refractivity contribution is 8.01. The molecule has 4 nitrogen and oxygen atoms in total. The molecule has 1 heterocycles. The third kappa shape index (κ3) is 3.65. The fraction of sp³-hybridized carbons (Fsp3) is 0.786. The van der Waals surface area contributed by atoms with Crippen molar-refractivity contribution in [2.24, 2.45) is 5.92 Å². The summed E-state index contributed by atoms with van der Waals surface area (Å²) in [6.45, 7) is 9.54. The van der Waals surface area contributed by atoms with Gasteiger partial charge in [0.15, 0.2) is 0 Å². The molecule has 0 spiro atoms. The maximum absolute atomic E-state index is 12.4. The summed E-state index contributed by atoms with van der Waals surface area (Å²) < 4.78 is 0. The second-order valence-corrected chi connectivity index (χ2v) is 7.14. The van der Waals surface area contributed by atoms with Crippen molar-refractivity contribution in [1.29, 1.82) is 0 Å². The minimum absolute atomic E-state index is 0.0936. The number of carbonyl (C=O) groups excluding carboxylic acids is 3. The average molecular weight is 297 g/mol. The molecule has 1 fully saturated rings. The summed E-state index contributed by atoms with van der Waals surface area (Å²) in [5, 5.41) is 0.0885. The van der Waals surface area contributed by atoms with E-state index in [9.17, 15) is 14.4 Å². The second kappa shape index (κ2) is 7.30. The van der Waals surface area contributed by atoms with Crippen LogP contribution in [0.1, 0.15) is 40.5 Å². The Labute approximate surface area is 126 Å². The predicted molar refractivity (Wildman–Crippen MR) is 84.2 cm³/mol. The summed E-state index contributed by atoms with van der Waals surface area (Å²) in [6.07, 6.45) is 1.24. The van der Waals surface area contributed by atoms with E-state index in [0.29, 0.717) is 12.5 Å². The fourth-order valence-corrected chi connectivity index (χ4v) is 3.57. The Morgan fingerprint density at radius 2 is 2.00 bits per heavy atom. The first kappa shape index (κ1) is 17.3. The highest BCUT2D eigenvalue weighted by atomic mass is 32.2. The van der Waals surface area contributed by atoms with Gasteiger partial charge in [-0.15, -0.1) is 11.8 Å². The van der Waals surface area contributed by atoms with Gasteiger partial charge in [0.2, 0.25) is 19.1 Å². The van der Waals surface area contributed by atoms with Gasteiger partial charge in [-0.1, -0.05) is 27.6 Å². The summed E-state index contributed by atoms with van der Waals surface area (Å²) in [7, 11) is 0.437. The molecule has 0 aromatic carbocycles. The van der Waals surface area contributed by atoms with Crippen molar-refractivity contribution in [3.8, 4) is 0 Å². The molecule has 0 N–H and O–H groups in total. The summed E-state index contributed by atoms with van der Waals surface area (Å²) in [6, 6.07) is -0.343. The normalized spacial score (nSPS) is 23.6. The molecule has 112 valence electrons. The molecule has 6 heteroatoms. The molecule has 0 bridgehead atoms. The molecule has 20 heavy (non-hydrogen) atoms. The van der Waals surface area contributed by atoms with E-state index in [4.69, 9.17) is 0 Å². The monoisotopic (exact) mass is 297 g/mol. The number of rotatable bonds is 7. The van der Waals surface area contributed by atoms with Gasteiger partial charge in [0.05, 0.1) is 10.9 Å². The molecule has 0 aromatic rings. The van der Waals surface area contributed by atoms with Crippen LogP contribution in [0.4, 0.5) is 0 Å². The Kier molecular flexibility index (Phi) is 6.30. The Bertz CT molecular complexity index is 402. The van der Waals surface area contributed by atoms with E-state index < -0.39 is 0 Å². The number of hydrogen-bond acceptors (Lipinski definition) is 4. The van der Waals surface area contributed by atoms with Crippen molar-refractivity contribution in [1.82, 2.24) is 4.90 Å². The van der Waals surface area contributed by atoms with Crippen molar-refractivity contribution in [3.05, 3.63) is 0 Å². The van der Waals surface area contributed by atoms with E-state index in [2.05, 4.69) is 13.8 Å². The Balaban J connectivity index is 2.78. The van der Waals surface area contributed by atoms with Crippen LogP contribution in [-0.2, 0) is 14.4 Å². The van der Waals surface area contributed by atoms with Crippen LogP contribution in [-0.4, -0.2) is 46.2 Å². The molecule has 1 saturated heterocycles. The number of amides is 2. The van der Waals surface area contributed by atoms with E-state index in [0.717, 1.165) is 6.42 Å². The first-order chi connectivity index (χ1) is 9.33. The average Bonchev–Trinajstić information content (AvgIpc) is 2.70. The zero-order valence-corrected chi connectivity index (χ0v) is 13.8. The third-order valence-corrected chi connectivity index (χ3v) is 5.60.